The van der Waals surface area contributed by atoms with E-state index < -0.39 is 0 Å². The molecule has 4 heteroatoms. The molecule has 3 nitrogen and oxygen atoms in total. The van der Waals surface area contributed by atoms with E-state index in [1.165, 1.54) is 25.3 Å². The van der Waals surface area contributed by atoms with Crippen LogP contribution in [0.5, 0.6) is 0 Å². The summed E-state index contributed by atoms with van der Waals surface area (Å²) >= 11 is 0. The number of benzene rings is 1. The van der Waals surface area contributed by atoms with E-state index in [9.17, 15) is 4.39 Å². The fourth-order valence-electron chi connectivity index (χ4n) is 2.06. The van der Waals surface area contributed by atoms with Gasteiger partial charge in [0.15, 0.2) is 5.96 Å². The van der Waals surface area contributed by atoms with Gasteiger partial charge < -0.3 is 10.2 Å². The van der Waals surface area contributed by atoms with Gasteiger partial charge in [-0.1, -0.05) is 12.1 Å². The van der Waals surface area contributed by atoms with Gasteiger partial charge in [-0.05, 0) is 37.0 Å². The highest BCUT2D eigenvalue weighted by atomic mass is 19.1. The number of hydrogen-bond donors (Lipinski definition) is 1. The molecule has 1 aromatic carbocycles. The Labute approximate surface area is 108 Å². The quantitative estimate of drug-likeness (QED) is 0.658. The Morgan fingerprint density at radius 3 is 2.83 bits per heavy atom. The SMILES string of the molecule is CN=C(NC1CCC1)N(C)Cc1cccc(F)c1. The standard InChI is InChI=1S/C14H20FN3/c1-16-14(17-13-7-4-8-13)18(2)10-11-5-3-6-12(15)9-11/h3,5-6,9,13H,4,7-8,10H2,1-2H3,(H,16,17). The minimum atomic E-state index is -0.192. The summed E-state index contributed by atoms with van der Waals surface area (Å²) in [5, 5.41) is 3.42. The van der Waals surface area contributed by atoms with Crippen LogP contribution >= 0.6 is 0 Å². The van der Waals surface area contributed by atoms with Gasteiger partial charge in [0, 0.05) is 26.7 Å². The Balaban J connectivity index is 1.94. The Kier molecular flexibility index (Phi) is 4.18. The highest BCUT2D eigenvalue weighted by Crippen LogP contribution is 2.18. The molecule has 0 unspecified atom stereocenters. The first-order valence-corrected chi connectivity index (χ1v) is 6.38. The van der Waals surface area contributed by atoms with E-state index in [0.29, 0.717) is 12.6 Å². The molecule has 1 saturated carbocycles. The van der Waals surface area contributed by atoms with Crippen LogP contribution < -0.4 is 5.32 Å². The second-order valence-corrected chi connectivity index (χ2v) is 4.81. The summed E-state index contributed by atoms with van der Waals surface area (Å²) in [6.45, 7) is 0.657. The van der Waals surface area contributed by atoms with Crippen LogP contribution in [0.15, 0.2) is 29.3 Å². The molecule has 1 N–H and O–H groups in total. The third kappa shape index (κ3) is 3.22. The second-order valence-electron chi connectivity index (χ2n) is 4.81. The number of aliphatic imine (C=N–C) groups is 1. The molecule has 0 saturated heterocycles. The van der Waals surface area contributed by atoms with Gasteiger partial charge in [-0.15, -0.1) is 0 Å². The van der Waals surface area contributed by atoms with Crippen molar-refractivity contribution in [3.63, 3.8) is 0 Å². The monoisotopic (exact) mass is 249 g/mol. The number of nitrogens with zero attached hydrogens (tertiary/aromatic N) is 2. The van der Waals surface area contributed by atoms with Gasteiger partial charge in [-0.2, -0.15) is 0 Å². The summed E-state index contributed by atoms with van der Waals surface area (Å²) in [5.41, 5.74) is 0.953. The highest BCUT2D eigenvalue weighted by molar-refractivity contribution is 5.80. The molecular formula is C14H20FN3. The molecule has 1 fully saturated rings. The van der Waals surface area contributed by atoms with E-state index in [0.717, 1.165) is 11.5 Å². The van der Waals surface area contributed by atoms with Crippen molar-refractivity contribution in [3.05, 3.63) is 35.6 Å². The molecule has 0 aliphatic heterocycles. The lowest BCUT2D eigenvalue weighted by atomic mass is 9.93. The maximum Gasteiger partial charge on any atom is 0.193 e. The van der Waals surface area contributed by atoms with E-state index in [2.05, 4.69) is 10.3 Å². The molecule has 0 heterocycles. The van der Waals surface area contributed by atoms with Crippen molar-refractivity contribution in [1.29, 1.82) is 0 Å². The predicted molar refractivity (Wildman–Crippen MR) is 72.0 cm³/mol. The maximum atomic E-state index is 13.1. The van der Waals surface area contributed by atoms with Gasteiger partial charge in [-0.3, -0.25) is 4.99 Å². The molecular weight excluding hydrogens is 229 g/mol. The number of hydrogen-bond acceptors (Lipinski definition) is 1. The first-order chi connectivity index (χ1) is 8.69. The summed E-state index contributed by atoms with van der Waals surface area (Å²) < 4.78 is 13.1. The average Bonchev–Trinajstić information content (AvgIpc) is 2.27. The minimum Gasteiger partial charge on any atom is -0.354 e. The van der Waals surface area contributed by atoms with Gasteiger partial charge in [-0.25, -0.2) is 4.39 Å². The summed E-state index contributed by atoms with van der Waals surface area (Å²) in [5.74, 6) is 0.687. The molecule has 0 atom stereocenters. The van der Waals surface area contributed by atoms with Gasteiger partial charge in [0.1, 0.15) is 5.82 Å². The van der Waals surface area contributed by atoms with Crippen molar-refractivity contribution in [3.8, 4) is 0 Å². The maximum absolute atomic E-state index is 13.1. The largest absolute Gasteiger partial charge is 0.354 e. The van der Waals surface area contributed by atoms with Crippen molar-refractivity contribution in [2.45, 2.75) is 31.8 Å². The van der Waals surface area contributed by atoms with Gasteiger partial charge >= 0.3 is 0 Å². The summed E-state index contributed by atoms with van der Waals surface area (Å²) in [4.78, 5) is 6.29. The van der Waals surface area contributed by atoms with E-state index in [4.69, 9.17) is 0 Å². The summed E-state index contributed by atoms with van der Waals surface area (Å²) in [7, 11) is 3.75. The van der Waals surface area contributed by atoms with E-state index in [-0.39, 0.29) is 5.82 Å². The van der Waals surface area contributed by atoms with Gasteiger partial charge in [0.2, 0.25) is 0 Å². The van der Waals surface area contributed by atoms with Crippen LogP contribution in [0.25, 0.3) is 0 Å². The number of nitrogens with one attached hydrogen (secondary N) is 1. The molecule has 0 radical (unpaired) electrons. The van der Waals surface area contributed by atoms with Crippen LogP contribution in [0.2, 0.25) is 0 Å². The van der Waals surface area contributed by atoms with E-state index >= 15 is 0 Å². The van der Waals surface area contributed by atoms with Gasteiger partial charge in [0.25, 0.3) is 0 Å². The van der Waals surface area contributed by atoms with Crippen molar-refractivity contribution in [1.82, 2.24) is 10.2 Å². The fraction of sp³-hybridized carbons (Fsp3) is 0.500. The number of rotatable bonds is 3. The van der Waals surface area contributed by atoms with Crippen molar-refractivity contribution in [2.75, 3.05) is 14.1 Å². The third-order valence-corrected chi connectivity index (χ3v) is 3.32. The lowest BCUT2D eigenvalue weighted by Crippen LogP contribution is -2.46. The van der Waals surface area contributed by atoms with Gasteiger partial charge in [0.05, 0.1) is 0 Å². The van der Waals surface area contributed by atoms with Crippen LogP contribution in [0.4, 0.5) is 4.39 Å². The molecule has 0 amide bonds. The van der Waals surface area contributed by atoms with Crippen LogP contribution in [0, 0.1) is 5.82 Å². The molecule has 18 heavy (non-hydrogen) atoms. The highest BCUT2D eigenvalue weighted by Gasteiger charge is 2.19. The smallest absolute Gasteiger partial charge is 0.193 e. The topological polar surface area (TPSA) is 27.6 Å². The Morgan fingerprint density at radius 2 is 2.28 bits per heavy atom. The fourth-order valence-corrected chi connectivity index (χ4v) is 2.06. The van der Waals surface area contributed by atoms with E-state index in [1.807, 2.05) is 18.0 Å². The van der Waals surface area contributed by atoms with Crippen LogP contribution in [0.3, 0.4) is 0 Å². The molecule has 1 aliphatic rings. The first kappa shape index (κ1) is 12.9. The lowest BCUT2D eigenvalue weighted by molar-refractivity contribution is 0.359. The molecule has 0 spiro atoms. The zero-order chi connectivity index (χ0) is 13.0. The Morgan fingerprint density at radius 1 is 1.50 bits per heavy atom. The zero-order valence-corrected chi connectivity index (χ0v) is 11.0. The molecule has 98 valence electrons. The lowest BCUT2D eigenvalue weighted by Gasteiger charge is -2.31. The Bertz CT molecular complexity index is 427. The molecule has 1 aliphatic carbocycles. The molecule has 2 rings (SSSR count). The van der Waals surface area contributed by atoms with Crippen molar-refractivity contribution in [2.24, 2.45) is 4.99 Å². The number of halogens is 1. The zero-order valence-electron chi connectivity index (χ0n) is 11.0. The molecule has 0 aromatic heterocycles. The van der Waals surface area contributed by atoms with Crippen LogP contribution in [0.1, 0.15) is 24.8 Å². The number of guanidine groups is 1. The normalized spacial score (nSPS) is 16.3. The van der Waals surface area contributed by atoms with Crippen LogP contribution in [-0.2, 0) is 6.54 Å². The van der Waals surface area contributed by atoms with Crippen molar-refractivity contribution < 1.29 is 4.39 Å². The van der Waals surface area contributed by atoms with Crippen molar-refractivity contribution >= 4 is 5.96 Å². The van der Waals surface area contributed by atoms with E-state index in [1.54, 1.807) is 19.2 Å². The first-order valence-electron chi connectivity index (χ1n) is 6.38. The Hall–Kier alpha value is -1.58. The molecule has 1 aromatic rings. The second kappa shape index (κ2) is 5.85. The molecule has 0 bridgehead atoms. The average molecular weight is 249 g/mol. The minimum absolute atomic E-state index is 0.192. The van der Waals surface area contributed by atoms with Crippen LogP contribution in [-0.4, -0.2) is 31.0 Å². The summed E-state index contributed by atoms with van der Waals surface area (Å²) in [6.07, 6.45) is 3.72. The third-order valence-electron chi connectivity index (χ3n) is 3.32. The predicted octanol–water partition coefficient (Wildman–Crippen LogP) is 2.39. The summed E-state index contributed by atoms with van der Waals surface area (Å²) in [6, 6.07) is 7.24.